The number of nitrogens with one attached hydrogen (secondary N) is 1. The van der Waals surface area contributed by atoms with Crippen LogP contribution in [0.2, 0.25) is 0 Å². The highest BCUT2D eigenvalue weighted by molar-refractivity contribution is 7.91. The summed E-state index contributed by atoms with van der Waals surface area (Å²) in [6.45, 7) is 1.43. The van der Waals surface area contributed by atoms with Crippen LogP contribution in [-0.4, -0.2) is 48.3 Å². The molecular formula is C10H16N2O3S. The fraction of sp³-hybridized carbons (Fsp3) is 0.600. The van der Waals surface area contributed by atoms with E-state index in [9.17, 15) is 13.5 Å². The van der Waals surface area contributed by atoms with Gasteiger partial charge in [0, 0.05) is 31.5 Å². The molecule has 2 rings (SSSR count). The first kappa shape index (κ1) is 11.6. The lowest BCUT2D eigenvalue weighted by Crippen LogP contribution is -2.40. The Morgan fingerprint density at radius 3 is 2.56 bits per heavy atom. The number of aliphatic hydroxyl groups is 1. The number of aromatic nitrogens is 1. The Morgan fingerprint density at radius 1 is 1.31 bits per heavy atom. The number of aliphatic hydroxyl groups excluding tert-OH is 1. The summed E-state index contributed by atoms with van der Waals surface area (Å²) >= 11 is 0. The Labute approximate surface area is 95.0 Å². The monoisotopic (exact) mass is 244 g/mol. The summed E-state index contributed by atoms with van der Waals surface area (Å²) in [5.74, 6) is -0.0754. The standard InChI is InChI=1S/C10H16N2O3S/c13-10-8-16(14,15)7-9(10)11-3-6-12-4-1-2-5-12/h1-2,4-5,9-11,13H,3,6-8H2/t9-,10-/m1/s1. The van der Waals surface area contributed by atoms with Gasteiger partial charge in [0.15, 0.2) is 9.84 Å². The molecule has 0 amide bonds. The molecule has 2 N–H and O–H groups in total. The first-order valence-electron chi connectivity index (χ1n) is 5.29. The van der Waals surface area contributed by atoms with Crippen molar-refractivity contribution in [2.24, 2.45) is 0 Å². The molecule has 0 radical (unpaired) electrons. The molecule has 2 atom stereocenters. The van der Waals surface area contributed by atoms with E-state index in [4.69, 9.17) is 0 Å². The number of rotatable bonds is 4. The molecule has 0 saturated carbocycles. The van der Waals surface area contributed by atoms with Gasteiger partial charge in [-0.25, -0.2) is 8.42 Å². The van der Waals surface area contributed by atoms with Crippen LogP contribution in [0, 0.1) is 0 Å². The van der Waals surface area contributed by atoms with Crippen molar-refractivity contribution in [3.8, 4) is 0 Å². The van der Waals surface area contributed by atoms with Crippen molar-refractivity contribution in [3.63, 3.8) is 0 Å². The van der Waals surface area contributed by atoms with Gasteiger partial charge in [0.1, 0.15) is 0 Å². The van der Waals surface area contributed by atoms with Crippen molar-refractivity contribution in [2.45, 2.75) is 18.7 Å². The van der Waals surface area contributed by atoms with E-state index < -0.39 is 15.9 Å². The molecule has 1 aliphatic rings. The van der Waals surface area contributed by atoms with E-state index in [1.54, 1.807) is 0 Å². The smallest absolute Gasteiger partial charge is 0.154 e. The van der Waals surface area contributed by atoms with Gasteiger partial charge >= 0.3 is 0 Å². The molecule has 0 spiro atoms. The summed E-state index contributed by atoms with van der Waals surface area (Å²) in [6.07, 6.45) is 3.13. The molecule has 1 aromatic heterocycles. The lowest BCUT2D eigenvalue weighted by atomic mass is 10.2. The van der Waals surface area contributed by atoms with Crippen molar-refractivity contribution in [1.29, 1.82) is 0 Å². The van der Waals surface area contributed by atoms with E-state index in [-0.39, 0.29) is 17.5 Å². The number of hydrogen-bond donors (Lipinski definition) is 2. The summed E-state index contributed by atoms with van der Waals surface area (Å²) in [6, 6.07) is 3.56. The minimum atomic E-state index is -3.05. The SMILES string of the molecule is O=S1(=O)C[C@@H](O)[C@H](NCCn2cccc2)C1. The second-order valence-corrected chi connectivity index (χ2v) is 6.28. The van der Waals surface area contributed by atoms with Crippen molar-refractivity contribution < 1.29 is 13.5 Å². The summed E-state index contributed by atoms with van der Waals surface area (Å²) in [4.78, 5) is 0. The highest BCUT2D eigenvalue weighted by Crippen LogP contribution is 2.12. The van der Waals surface area contributed by atoms with Crippen LogP contribution in [0.25, 0.3) is 0 Å². The van der Waals surface area contributed by atoms with Crippen LogP contribution in [0.3, 0.4) is 0 Å². The third-order valence-corrected chi connectivity index (χ3v) is 4.48. The average molecular weight is 244 g/mol. The number of hydrogen-bond acceptors (Lipinski definition) is 4. The maximum atomic E-state index is 11.2. The highest BCUT2D eigenvalue weighted by atomic mass is 32.2. The Kier molecular flexibility index (Phi) is 3.32. The van der Waals surface area contributed by atoms with E-state index in [1.165, 1.54) is 0 Å². The second kappa shape index (κ2) is 4.57. The van der Waals surface area contributed by atoms with Gasteiger partial charge in [-0.1, -0.05) is 0 Å². The fourth-order valence-corrected chi connectivity index (χ4v) is 3.70. The number of nitrogens with zero attached hydrogens (tertiary/aromatic N) is 1. The molecule has 0 bridgehead atoms. The van der Waals surface area contributed by atoms with Crippen molar-refractivity contribution in [3.05, 3.63) is 24.5 Å². The zero-order chi connectivity index (χ0) is 11.6. The summed E-state index contributed by atoms with van der Waals surface area (Å²) in [5, 5.41) is 12.6. The van der Waals surface area contributed by atoms with Crippen molar-refractivity contribution in [2.75, 3.05) is 18.1 Å². The molecule has 0 aliphatic carbocycles. The summed E-state index contributed by atoms with van der Waals surface area (Å²) < 4.78 is 24.5. The van der Waals surface area contributed by atoms with Gasteiger partial charge < -0.3 is 15.0 Å². The molecular weight excluding hydrogens is 228 g/mol. The van der Waals surface area contributed by atoms with Crippen LogP contribution in [0.5, 0.6) is 0 Å². The van der Waals surface area contributed by atoms with Crippen LogP contribution in [0.15, 0.2) is 24.5 Å². The van der Waals surface area contributed by atoms with Crippen LogP contribution >= 0.6 is 0 Å². The van der Waals surface area contributed by atoms with E-state index >= 15 is 0 Å². The largest absolute Gasteiger partial charge is 0.390 e. The molecule has 16 heavy (non-hydrogen) atoms. The topological polar surface area (TPSA) is 71.3 Å². The maximum absolute atomic E-state index is 11.2. The van der Waals surface area contributed by atoms with Gasteiger partial charge in [0.05, 0.1) is 17.6 Å². The molecule has 1 aromatic rings. The number of sulfone groups is 1. The minimum Gasteiger partial charge on any atom is -0.390 e. The van der Waals surface area contributed by atoms with Crippen LogP contribution < -0.4 is 5.32 Å². The second-order valence-electron chi connectivity index (χ2n) is 4.13. The molecule has 90 valence electrons. The van der Waals surface area contributed by atoms with Gasteiger partial charge in [0.25, 0.3) is 0 Å². The van der Waals surface area contributed by atoms with Gasteiger partial charge in [-0.3, -0.25) is 0 Å². The lowest BCUT2D eigenvalue weighted by Gasteiger charge is -2.14. The third-order valence-electron chi connectivity index (χ3n) is 2.77. The molecule has 2 heterocycles. The molecule has 1 saturated heterocycles. The van der Waals surface area contributed by atoms with E-state index in [0.29, 0.717) is 6.54 Å². The first-order valence-corrected chi connectivity index (χ1v) is 7.11. The molecule has 5 nitrogen and oxygen atoms in total. The zero-order valence-electron chi connectivity index (χ0n) is 8.91. The quantitative estimate of drug-likeness (QED) is 0.730. The van der Waals surface area contributed by atoms with E-state index in [1.807, 2.05) is 29.1 Å². The lowest BCUT2D eigenvalue weighted by molar-refractivity contribution is 0.165. The molecule has 1 aliphatic heterocycles. The van der Waals surface area contributed by atoms with Crippen molar-refractivity contribution >= 4 is 9.84 Å². The van der Waals surface area contributed by atoms with Crippen LogP contribution in [0.4, 0.5) is 0 Å². The first-order chi connectivity index (χ1) is 7.57. The normalized spacial score (nSPS) is 28.3. The van der Waals surface area contributed by atoms with Gasteiger partial charge in [-0.2, -0.15) is 0 Å². The van der Waals surface area contributed by atoms with Crippen LogP contribution in [0.1, 0.15) is 0 Å². The van der Waals surface area contributed by atoms with Crippen molar-refractivity contribution in [1.82, 2.24) is 9.88 Å². The molecule has 0 aromatic carbocycles. The Hall–Kier alpha value is -0.850. The maximum Gasteiger partial charge on any atom is 0.154 e. The predicted octanol–water partition coefficient (Wildman–Crippen LogP) is -0.764. The third kappa shape index (κ3) is 2.84. The van der Waals surface area contributed by atoms with Gasteiger partial charge in [0.2, 0.25) is 0 Å². The molecule has 6 heteroatoms. The Balaban J connectivity index is 1.79. The Bertz CT molecular complexity index is 427. The van der Waals surface area contributed by atoms with Gasteiger partial charge in [-0.15, -0.1) is 0 Å². The Morgan fingerprint density at radius 2 is 2.00 bits per heavy atom. The van der Waals surface area contributed by atoms with Gasteiger partial charge in [-0.05, 0) is 12.1 Å². The summed E-state index contributed by atoms with van der Waals surface area (Å²) in [5.41, 5.74) is 0. The van der Waals surface area contributed by atoms with Crippen LogP contribution in [-0.2, 0) is 16.4 Å². The summed E-state index contributed by atoms with van der Waals surface area (Å²) in [7, 11) is -3.05. The zero-order valence-corrected chi connectivity index (χ0v) is 9.73. The fourth-order valence-electron chi connectivity index (χ4n) is 1.92. The average Bonchev–Trinajstić information content (AvgIpc) is 2.75. The predicted molar refractivity (Wildman–Crippen MR) is 60.9 cm³/mol. The highest BCUT2D eigenvalue weighted by Gasteiger charge is 2.35. The molecule has 0 unspecified atom stereocenters. The molecule has 1 fully saturated rings. The van der Waals surface area contributed by atoms with E-state index in [2.05, 4.69) is 5.32 Å². The minimum absolute atomic E-state index is 0.0415. The van der Waals surface area contributed by atoms with E-state index in [0.717, 1.165) is 6.54 Å².